The average Bonchev–Trinajstić information content (AvgIpc) is 3.00. The van der Waals surface area contributed by atoms with Crippen LogP contribution in [0.4, 0.5) is 11.6 Å². The van der Waals surface area contributed by atoms with E-state index < -0.39 is 0 Å². The van der Waals surface area contributed by atoms with Crippen molar-refractivity contribution in [2.45, 2.75) is 25.4 Å². The van der Waals surface area contributed by atoms with E-state index in [0.29, 0.717) is 17.3 Å². The second-order valence-corrected chi connectivity index (χ2v) is 7.04. The summed E-state index contributed by atoms with van der Waals surface area (Å²) in [5.74, 6) is 0.897. The van der Waals surface area contributed by atoms with Gasteiger partial charge in [0.05, 0.1) is 29.8 Å². The van der Waals surface area contributed by atoms with Crippen molar-refractivity contribution in [3.63, 3.8) is 0 Å². The summed E-state index contributed by atoms with van der Waals surface area (Å²) in [6.45, 7) is 9.36. The number of halogens is 1. The van der Waals surface area contributed by atoms with Crippen LogP contribution >= 0.6 is 11.6 Å². The lowest BCUT2D eigenvalue weighted by Crippen LogP contribution is -2.44. The highest BCUT2D eigenvalue weighted by Crippen LogP contribution is 2.28. The van der Waals surface area contributed by atoms with Crippen LogP contribution < -0.4 is 10.6 Å². The number of benzene rings is 1. The van der Waals surface area contributed by atoms with E-state index in [1.807, 2.05) is 24.3 Å². The van der Waals surface area contributed by atoms with Crippen LogP contribution in [0.25, 0.3) is 15.9 Å². The van der Waals surface area contributed by atoms with Gasteiger partial charge in [0.25, 0.3) is 0 Å². The van der Waals surface area contributed by atoms with Gasteiger partial charge in [0.1, 0.15) is 0 Å². The van der Waals surface area contributed by atoms with Crippen molar-refractivity contribution in [3.8, 4) is 0 Å². The first-order valence-corrected chi connectivity index (χ1v) is 9.00. The summed E-state index contributed by atoms with van der Waals surface area (Å²) in [4.78, 5) is 14.9. The zero-order valence-electron chi connectivity index (χ0n) is 14.3. The Hall–Kier alpha value is -2.62. The van der Waals surface area contributed by atoms with Gasteiger partial charge in [0.2, 0.25) is 11.6 Å². The minimum atomic E-state index is 0.164. The predicted octanol–water partition coefficient (Wildman–Crippen LogP) is 3.61. The molecule has 2 aromatic heterocycles. The number of pyridine rings is 1. The van der Waals surface area contributed by atoms with Crippen LogP contribution in [0.1, 0.15) is 18.5 Å². The third-order valence-corrected chi connectivity index (χ3v) is 4.92. The largest absolute Gasteiger partial charge is 0.341 e. The maximum Gasteiger partial charge on any atom is 0.206 e. The fraction of sp³-hybridized carbons (Fsp3) is 0.316. The van der Waals surface area contributed by atoms with Crippen molar-refractivity contribution in [1.82, 2.24) is 14.5 Å². The van der Waals surface area contributed by atoms with Gasteiger partial charge in [-0.2, -0.15) is 0 Å². The van der Waals surface area contributed by atoms with Crippen LogP contribution in [0.2, 0.25) is 5.02 Å². The Balaban J connectivity index is 1.77. The summed E-state index contributed by atoms with van der Waals surface area (Å²) >= 11 is 6.23. The average molecular weight is 367 g/mol. The summed E-state index contributed by atoms with van der Waals surface area (Å²) in [5, 5.41) is 0.678. The predicted molar refractivity (Wildman–Crippen MR) is 104 cm³/mol. The maximum absolute atomic E-state index is 7.07. The molecule has 0 saturated carbocycles. The van der Waals surface area contributed by atoms with Gasteiger partial charge >= 0.3 is 0 Å². The number of hydrogen-bond acceptors (Lipinski definition) is 4. The highest BCUT2D eigenvalue weighted by atomic mass is 35.5. The van der Waals surface area contributed by atoms with E-state index in [4.69, 9.17) is 28.9 Å². The minimum absolute atomic E-state index is 0.164. The molecule has 3 heterocycles. The molecule has 0 amide bonds. The summed E-state index contributed by atoms with van der Waals surface area (Å²) in [6.07, 6.45) is 3.70. The van der Waals surface area contributed by atoms with Gasteiger partial charge in [0, 0.05) is 30.4 Å². The van der Waals surface area contributed by atoms with Crippen molar-refractivity contribution in [1.29, 1.82) is 0 Å². The molecule has 26 heavy (non-hydrogen) atoms. The Morgan fingerprint density at radius 1 is 1.31 bits per heavy atom. The summed E-state index contributed by atoms with van der Waals surface area (Å²) in [6, 6.07) is 9.57. The number of nitrogens with zero attached hydrogens (tertiary/aromatic N) is 5. The van der Waals surface area contributed by atoms with Gasteiger partial charge in [-0.3, -0.25) is 4.98 Å². The number of fused-ring (bicyclic) bond motifs is 1. The molecule has 4 rings (SSSR count). The maximum atomic E-state index is 7.07. The third kappa shape index (κ3) is 3.24. The first kappa shape index (κ1) is 16.8. The summed E-state index contributed by atoms with van der Waals surface area (Å²) in [5.41, 5.74) is 9.46. The van der Waals surface area contributed by atoms with Crippen molar-refractivity contribution >= 4 is 34.3 Å². The number of nitrogens with two attached hydrogens (primary N) is 1. The van der Waals surface area contributed by atoms with Gasteiger partial charge in [-0.15, -0.1) is 0 Å². The second kappa shape index (κ2) is 6.94. The molecule has 1 aliphatic heterocycles. The Kier molecular flexibility index (Phi) is 4.49. The quantitative estimate of drug-likeness (QED) is 0.719. The fourth-order valence-electron chi connectivity index (χ4n) is 3.41. The van der Waals surface area contributed by atoms with Gasteiger partial charge in [-0.05, 0) is 37.1 Å². The molecule has 0 aliphatic carbocycles. The number of imidazole rings is 1. The molecule has 1 aromatic carbocycles. The lowest BCUT2D eigenvalue weighted by Gasteiger charge is -2.32. The molecule has 0 bridgehead atoms. The summed E-state index contributed by atoms with van der Waals surface area (Å²) < 4.78 is 2.14. The van der Waals surface area contributed by atoms with Crippen LogP contribution in [-0.4, -0.2) is 33.7 Å². The standard InChI is InChI=1S/C19H19ClN6/c1-22-15-5-6-16(23-10-15)12-26-18-9-13(20)4-7-17(18)24-19(26)25-8-2-3-14(21)11-25/h4-7,9-10,14H,2-3,8,11-12,21H2/t14-/m0/s1. The molecule has 6 nitrogen and oxygen atoms in total. The zero-order chi connectivity index (χ0) is 18.1. The number of rotatable bonds is 3. The molecule has 2 N–H and O–H groups in total. The van der Waals surface area contributed by atoms with Crippen molar-refractivity contribution in [2.75, 3.05) is 18.0 Å². The molecule has 1 aliphatic rings. The van der Waals surface area contributed by atoms with Crippen molar-refractivity contribution in [3.05, 3.63) is 58.7 Å². The Labute approximate surface area is 157 Å². The van der Waals surface area contributed by atoms with E-state index in [9.17, 15) is 0 Å². The number of piperidine rings is 1. The van der Waals surface area contributed by atoms with Gasteiger partial charge in [-0.25, -0.2) is 9.83 Å². The minimum Gasteiger partial charge on any atom is -0.341 e. The highest BCUT2D eigenvalue weighted by molar-refractivity contribution is 6.31. The van der Waals surface area contributed by atoms with Gasteiger partial charge in [0.15, 0.2) is 0 Å². The van der Waals surface area contributed by atoms with E-state index in [0.717, 1.165) is 48.6 Å². The molecular formula is C19H19ClN6. The monoisotopic (exact) mass is 366 g/mol. The van der Waals surface area contributed by atoms with Crippen LogP contribution in [0.3, 0.4) is 0 Å². The molecule has 1 atom stereocenters. The van der Waals surface area contributed by atoms with E-state index in [2.05, 4.69) is 19.3 Å². The van der Waals surface area contributed by atoms with Crippen molar-refractivity contribution < 1.29 is 0 Å². The molecule has 1 fully saturated rings. The second-order valence-electron chi connectivity index (χ2n) is 6.60. The van der Waals surface area contributed by atoms with Crippen LogP contribution in [0.5, 0.6) is 0 Å². The first-order chi connectivity index (χ1) is 12.6. The smallest absolute Gasteiger partial charge is 0.206 e. The lowest BCUT2D eigenvalue weighted by atomic mass is 10.1. The van der Waals surface area contributed by atoms with E-state index in [-0.39, 0.29) is 6.04 Å². The first-order valence-electron chi connectivity index (χ1n) is 8.63. The van der Waals surface area contributed by atoms with Crippen LogP contribution in [-0.2, 0) is 6.54 Å². The highest BCUT2D eigenvalue weighted by Gasteiger charge is 2.23. The van der Waals surface area contributed by atoms with Gasteiger partial charge in [-0.1, -0.05) is 17.7 Å². The Morgan fingerprint density at radius 2 is 2.19 bits per heavy atom. The molecule has 0 radical (unpaired) electrons. The van der Waals surface area contributed by atoms with Gasteiger partial charge < -0.3 is 15.2 Å². The SMILES string of the molecule is [C-]#[N+]c1ccc(Cn2c(N3CCC[C@H](N)C3)nc3ccc(Cl)cc32)nc1. The normalized spacial score (nSPS) is 17.4. The fourth-order valence-corrected chi connectivity index (χ4v) is 3.58. The van der Waals surface area contributed by atoms with Crippen LogP contribution in [0.15, 0.2) is 36.5 Å². The molecule has 1 saturated heterocycles. The van der Waals surface area contributed by atoms with E-state index in [1.54, 1.807) is 12.3 Å². The van der Waals surface area contributed by atoms with E-state index >= 15 is 0 Å². The molecule has 0 spiro atoms. The molecule has 0 unspecified atom stereocenters. The lowest BCUT2D eigenvalue weighted by molar-refractivity contribution is 0.495. The molecule has 7 heteroatoms. The number of hydrogen-bond donors (Lipinski definition) is 1. The summed E-state index contributed by atoms with van der Waals surface area (Å²) in [7, 11) is 0. The Bertz CT molecular complexity index is 972. The van der Waals surface area contributed by atoms with Crippen LogP contribution in [0, 0.1) is 6.57 Å². The topological polar surface area (TPSA) is 64.3 Å². The number of anilines is 1. The Morgan fingerprint density at radius 3 is 2.92 bits per heavy atom. The zero-order valence-corrected chi connectivity index (χ0v) is 15.0. The number of aromatic nitrogens is 3. The van der Waals surface area contributed by atoms with Crippen molar-refractivity contribution in [2.24, 2.45) is 5.73 Å². The third-order valence-electron chi connectivity index (χ3n) is 4.69. The molecular weight excluding hydrogens is 348 g/mol. The molecule has 132 valence electrons. The van der Waals surface area contributed by atoms with E-state index in [1.165, 1.54) is 0 Å². The molecule has 3 aromatic rings.